The molecular formula is C57H44N2O. The van der Waals surface area contributed by atoms with E-state index in [2.05, 4.69) is 235 Å². The highest BCUT2D eigenvalue weighted by atomic mass is 16.3. The fraction of sp³-hybridized carbons (Fsp3) is 0.0175. The fourth-order valence-electron chi connectivity index (χ4n) is 7.84. The summed E-state index contributed by atoms with van der Waals surface area (Å²) in [6.07, 6.45) is 1.75. The summed E-state index contributed by atoms with van der Waals surface area (Å²) in [6.45, 7) is 5.25. The number of hydrogen-bond acceptors (Lipinski definition) is 3. The van der Waals surface area contributed by atoms with Gasteiger partial charge < -0.3 is 14.2 Å². The molecule has 3 nitrogen and oxygen atoms in total. The summed E-state index contributed by atoms with van der Waals surface area (Å²) in [5.74, 6) is 0. The van der Waals surface area contributed by atoms with Crippen molar-refractivity contribution in [3.63, 3.8) is 0 Å². The lowest BCUT2D eigenvalue weighted by atomic mass is 10.00. The van der Waals surface area contributed by atoms with Crippen molar-refractivity contribution < 1.29 is 4.42 Å². The molecule has 0 unspecified atom stereocenters. The third kappa shape index (κ3) is 7.85. The minimum Gasteiger partial charge on any atom is -0.456 e. The minimum absolute atomic E-state index is 0.869. The van der Waals surface area contributed by atoms with Crippen LogP contribution in [0.1, 0.15) is 6.92 Å². The van der Waals surface area contributed by atoms with Crippen molar-refractivity contribution in [2.75, 3.05) is 9.80 Å². The number of benzene rings is 9. The predicted molar refractivity (Wildman–Crippen MR) is 255 cm³/mol. The Balaban J connectivity index is 0.00000150. The van der Waals surface area contributed by atoms with E-state index in [0.29, 0.717) is 0 Å². The van der Waals surface area contributed by atoms with E-state index in [1.165, 1.54) is 22.3 Å². The number of allylic oxidation sites excluding steroid dienone is 1. The van der Waals surface area contributed by atoms with E-state index in [-0.39, 0.29) is 0 Å². The van der Waals surface area contributed by atoms with Crippen molar-refractivity contribution in [2.24, 2.45) is 0 Å². The van der Waals surface area contributed by atoms with Crippen molar-refractivity contribution in [1.29, 1.82) is 0 Å². The van der Waals surface area contributed by atoms with Crippen LogP contribution in [0.15, 0.2) is 248 Å². The van der Waals surface area contributed by atoms with Crippen LogP contribution in [0.5, 0.6) is 0 Å². The molecule has 0 saturated carbocycles. The van der Waals surface area contributed by atoms with Crippen LogP contribution < -0.4 is 9.80 Å². The molecule has 9 aromatic carbocycles. The third-order valence-electron chi connectivity index (χ3n) is 10.6. The smallest absolute Gasteiger partial charge is 0.136 e. The van der Waals surface area contributed by atoms with Crippen LogP contribution in [-0.4, -0.2) is 0 Å². The van der Waals surface area contributed by atoms with Gasteiger partial charge in [0.25, 0.3) is 0 Å². The number of hydrogen-bond donors (Lipinski definition) is 0. The molecule has 1 heterocycles. The average Bonchev–Trinajstić information content (AvgIpc) is 3.69. The molecule has 0 bridgehead atoms. The van der Waals surface area contributed by atoms with Gasteiger partial charge in [0.15, 0.2) is 0 Å². The normalized spacial score (nSPS) is 10.8. The van der Waals surface area contributed by atoms with Crippen molar-refractivity contribution in [3.05, 3.63) is 243 Å². The maximum absolute atomic E-state index is 6.42. The summed E-state index contributed by atoms with van der Waals surface area (Å²) in [6, 6.07) is 81.8. The molecular weight excluding hydrogens is 729 g/mol. The molecule has 0 atom stereocenters. The Hall–Kier alpha value is -7.88. The Labute approximate surface area is 352 Å². The van der Waals surface area contributed by atoms with E-state index in [9.17, 15) is 0 Å². The van der Waals surface area contributed by atoms with Crippen LogP contribution in [-0.2, 0) is 0 Å². The highest BCUT2D eigenvalue weighted by molar-refractivity contribution is 6.06. The van der Waals surface area contributed by atoms with Crippen molar-refractivity contribution in [2.45, 2.75) is 6.92 Å². The van der Waals surface area contributed by atoms with Crippen molar-refractivity contribution in [3.8, 4) is 33.4 Å². The third-order valence-corrected chi connectivity index (χ3v) is 10.6. The number of nitrogens with zero attached hydrogens (tertiary/aromatic N) is 2. The molecule has 288 valence electrons. The molecule has 0 saturated heterocycles. The molecule has 0 amide bonds. The van der Waals surface area contributed by atoms with Gasteiger partial charge in [-0.15, -0.1) is 6.58 Å². The lowest BCUT2D eigenvalue weighted by molar-refractivity contribution is 0.669. The lowest BCUT2D eigenvalue weighted by Gasteiger charge is -2.30. The van der Waals surface area contributed by atoms with E-state index in [0.717, 1.165) is 67.2 Å². The number of anilines is 6. The molecule has 10 rings (SSSR count). The molecule has 0 N–H and O–H groups in total. The molecule has 0 aliphatic rings. The Morgan fingerprint density at radius 3 is 1.17 bits per heavy atom. The van der Waals surface area contributed by atoms with Crippen LogP contribution in [0, 0.1) is 0 Å². The van der Waals surface area contributed by atoms with E-state index in [1.54, 1.807) is 6.08 Å². The molecule has 0 aliphatic carbocycles. The number of para-hydroxylation sites is 3. The summed E-state index contributed by atoms with van der Waals surface area (Å²) >= 11 is 0. The van der Waals surface area contributed by atoms with Gasteiger partial charge in [-0.3, -0.25) is 0 Å². The van der Waals surface area contributed by atoms with Crippen LogP contribution in [0.4, 0.5) is 34.1 Å². The second kappa shape index (κ2) is 17.3. The molecule has 0 aliphatic heterocycles. The monoisotopic (exact) mass is 772 g/mol. The van der Waals surface area contributed by atoms with Gasteiger partial charge in [-0.25, -0.2) is 0 Å². The standard InChI is InChI=1S/C54H38N2O.C3H6/c1-5-15-39(16-6-1)41-25-30-47(31-26-41)55(45-19-9-3-10-20-45)49-35-44(43-29-34-52-51-23-13-14-24-53(51)57-54(52)37-43)36-50(38-49)56(46-21-11-4-12-22-46)48-32-27-42(28-33-48)40-17-7-2-8-18-40;1-3-2/h1-38H;3H,1H2,2H3. The Bertz CT molecular complexity index is 2830. The first-order chi connectivity index (χ1) is 29.7. The van der Waals surface area contributed by atoms with Crippen molar-refractivity contribution >= 4 is 56.1 Å². The van der Waals surface area contributed by atoms with Gasteiger partial charge in [0.2, 0.25) is 0 Å². The summed E-state index contributed by atoms with van der Waals surface area (Å²) in [7, 11) is 0. The minimum atomic E-state index is 0.869. The maximum atomic E-state index is 6.42. The predicted octanol–water partition coefficient (Wildman–Crippen LogP) is 16.7. The summed E-state index contributed by atoms with van der Waals surface area (Å²) in [5, 5.41) is 2.23. The first-order valence-electron chi connectivity index (χ1n) is 20.3. The van der Waals surface area contributed by atoms with Crippen LogP contribution >= 0.6 is 0 Å². The molecule has 3 heteroatoms. The van der Waals surface area contributed by atoms with E-state index in [1.807, 2.05) is 19.1 Å². The zero-order chi connectivity index (χ0) is 40.7. The second-order valence-electron chi connectivity index (χ2n) is 14.6. The average molecular weight is 773 g/mol. The lowest BCUT2D eigenvalue weighted by Crippen LogP contribution is -2.13. The first-order valence-corrected chi connectivity index (χ1v) is 20.3. The molecule has 0 radical (unpaired) electrons. The largest absolute Gasteiger partial charge is 0.456 e. The fourth-order valence-corrected chi connectivity index (χ4v) is 7.84. The van der Waals surface area contributed by atoms with E-state index >= 15 is 0 Å². The Kier molecular flexibility index (Phi) is 10.9. The Morgan fingerprint density at radius 2 is 0.683 bits per heavy atom. The van der Waals surface area contributed by atoms with Gasteiger partial charge in [0.1, 0.15) is 11.2 Å². The molecule has 1 aromatic heterocycles. The maximum Gasteiger partial charge on any atom is 0.136 e. The molecule has 0 fully saturated rings. The highest BCUT2D eigenvalue weighted by Crippen LogP contribution is 2.44. The van der Waals surface area contributed by atoms with Gasteiger partial charge in [0, 0.05) is 44.9 Å². The second-order valence-corrected chi connectivity index (χ2v) is 14.6. The highest BCUT2D eigenvalue weighted by Gasteiger charge is 2.20. The van der Waals surface area contributed by atoms with Gasteiger partial charge in [-0.1, -0.05) is 152 Å². The number of furan rings is 1. The zero-order valence-electron chi connectivity index (χ0n) is 33.5. The quantitative estimate of drug-likeness (QED) is 0.136. The van der Waals surface area contributed by atoms with Gasteiger partial charge >= 0.3 is 0 Å². The zero-order valence-corrected chi connectivity index (χ0v) is 33.5. The van der Waals surface area contributed by atoms with E-state index < -0.39 is 0 Å². The topological polar surface area (TPSA) is 19.6 Å². The van der Waals surface area contributed by atoms with Gasteiger partial charge in [-0.2, -0.15) is 0 Å². The first kappa shape index (κ1) is 37.7. The summed E-state index contributed by atoms with van der Waals surface area (Å²) in [4.78, 5) is 4.70. The summed E-state index contributed by atoms with van der Waals surface area (Å²) < 4.78 is 6.42. The number of fused-ring (bicyclic) bond motifs is 3. The number of rotatable bonds is 9. The van der Waals surface area contributed by atoms with Crippen molar-refractivity contribution in [1.82, 2.24) is 0 Å². The molecule has 0 spiro atoms. The Morgan fingerprint density at radius 1 is 0.317 bits per heavy atom. The van der Waals surface area contributed by atoms with Crippen LogP contribution in [0.3, 0.4) is 0 Å². The SMILES string of the molecule is C=CC.c1ccc(-c2ccc(N(c3ccccc3)c3cc(-c4ccc5c(c4)oc4ccccc45)cc(N(c4ccccc4)c4ccc(-c5ccccc5)cc4)c3)cc2)cc1. The van der Waals surface area contributed by atoms with Gasteiger partial charge in [0.05, 0.1) is 0 Å². The van der Waals surface area contributed by atoms with Gasteiger partial charge in [-0.05, 0) is 125 Å². The van der Waals surface area contributed by atoms with Crippen LogP contribution in [0.2, 0.25) is 0 Å². The molecule has 10 aromatic rings. The molecule has 60 heavy (non-hydrogen) atoms. The van der Waals surface area contributed by atoms with Crippen LogP contribution in [0.25, 0.3) is 55.3 Å². The summed E-state index contributed by atoms with van der Waals surface area (Å²) in [5.41, 5.74) is 15.0. The van der Waals surface area contributed by atoms with E-state index in [4.69, 9.17) is 4.42 Å².